The second-order valence-electron chi connectivity index (χ2n) is 7.40. The van der Waals surface area contributed by atoms with E-state index in [0.29, 0.717) is 36.1 Å². The number of rotatable bonds is 6. The molecular weight excluding hydrogens is 496 g/mol. The van der Waals surface area contributed by atoms with Gasteiger partial charge in [0.15, 0.2) is 22.3 Å². The van der Waals surface area contributed by atoms with Crippen molar-refractivity contribution in [3.63, 3.8) is 0 Å². The zero-order chi connectivity index (χ0) is 24.6. The average molecular weight is 515 g/mol. The van der Waals surface area contributed by atoms with Crippen molar-refractivity contribution in [2.45, 2.75) is 10.1 Å². The number of carbonyl (C=O) groups is 1. The van der Waals surface area contributed by atoms with Crippen LogP contribution in [0.3, 0.4) is 0 Å². The number of fused-ring (bicyclic) bond motifs is 2. The van der Waals surface area contributed by atoms with E-state index < -0.39 is 15.6 Å². The number of carbonyl (C=O) groups excluding carboxylic acids is 1. The van der Waals surface area contributed by atoms with Crippen LogP contribution in [0.4, 0.5) is 5.69 Å². The summed E-state index contributed by atoms with van der Waals surface area (Å²) in [4.78, 5) is 32.0. The summed E-state index contributed by atoms with van der Waals surface area (Å²) in [6.07, 6.45) is 1.36. The van der Waals surface area contributed by atoms with Crippen LogP contribution in [0.5, 0.6) is 11.5 Å². The van der Waals surface area contributed by atoms with E-state index in [1.54, 1.807) is 18.2 Å². The molecule has 0 saturated heterocycles. The summed E-state index contributed by atoms with van der Waals surface area (Å²) in [5, 5.41) is 12.6. The van der Waals surface area contributed by atoms with Crippen molar-refractivity contribution in [3.05, 3.63) is 59.0 Å². The van der Waals surface area contributed by atoms with Crippen molar-refractivity contribution in [2.24, 2.45) is 5.14 Å². The van der Waals surface area contributed by atoms with Crippen molar-refractivity contribution in [1.82, 2.24) is 19.7 Å². The molecule has 0 atom stereocenters. The Hall–Kier alpha value is -3.88. The van der Waals surface area contributed by atoms with E-state index in [9.17, 15) is 18.0 Å². The Morgan fingerprint density at radius 3 is 2.63 bits per heavy atom. The third-order valence-electron chi connectivity index (χ3n) is 4.99. The Labute approximate surface area is 202 Å². The molecule has 180 valence electrons. The maximum absolute atomic E-state index is 12.5. The number of nitrogens with one attached hydrogen (secondary N) is 2. The largest absolute Gasteiger partial charge is 0.486 e. The van der Waals surface area contributed by atoms with Gasteiger partial charge in [-0.2, -0.15) is 5.10 Å². The monoisotopic (exact) mass is 514 g/mol. The predicted molar refractivity (Wildman–Crippen MR) is 128 cm³/mol. The number of sulfonamides is 1. The molecule has 3 heterocycles. The van der Waals surface area contributed by atoms with Gasteiger partial charge in [0.1, 0.15) is 18.6 Å². The molecule has 4 N–H and O–H groups in total. The van der Waals surface area contributed by atoms with Crippen LogP contribution in [0, 0.1) is 0 Å². The predicted octanol–water partition coefficient (Wildman–Crippen LogP) is 1.26. The van der Waals surface area contributed by atoms with Gasteiger partial charge < -0.3 is 19.8 Å². The first kappa shape index (κ1) is 22.9. The lowest BCUT2D eigenvalue weighted by Crippen LogP contribution is -2.17. The minimum absolute atomic E-state index is 0.0138. The summed E-state index contributed by atoms with van der Waals surface area (Å²) in [5.41, 5.74) is 0.875. The molecule has 0 spiro atoms. The second kappa shape index (κ2) is 9.05. The summed E-state index contributed by atoms with van der Waals surface area (Å²) in [6, 6.07) is 10.8. The number of thioether (sulfide) groups is 1. The Balaban J connectivity index is 1.33. The molecule has 2 aromatic heterocycles. The number of benzene rings is 2. The Bertz CT molecular complexity index is 1600. The average Bonchev–Trinajstić information content (AvgIpc) is 3.27. The molecule has 0 bridgehead atoms. The number of hydrogen-bond acceptors (Lipinski definition) is 9. The molecule has 0 unspecified atom stereocenters. The fraction of sp³-hybridized carbons (Fsp3) is 0.143. The third kappa shape index (κ3) is 4.84. The first-order valence-electron chi connectivity index (χ1n) is 10.2. The van der Waals surface area contributed by atoms with Crippen LogP contribution in [0.2, 0.25) is 0 Å². The van der Waals surface area contributed by atoms with Crippen LogP contribution < -0.4 is 25.5 Å². The van der Waals surface area contributed by atoms with Crippen molar-refractivity contribution >= 4 is 44.4 Å². The van der Waals surface area contributed by atoms with Gasteiger partial charge in [-0.25, -0.2) is 23.2 Å². The van der Waals surface area contributed by atoms with E-state index in [4.69, 9.17) is 14.6 Å². The van der Waals surface area contributed by atoms with Gasteiger partial charge in [-0.3, -0.25) is 9.59 Å². The van der Waals surface area contributed by atoms with Crippen LogP contribution in [-0.2, 0) is 14.8 Å². The van der Waals surface area contributed by atoms with Crippen LogP contribution in [-0.4, -0.2) is 53.0 Å². The molecule has 1 aliphatic heterocycles. The highest BCUT2D eigenvalue weighted by atomic mass is 32.2. The highest BCUT2D eigenvalue weighted by Gasteiger charge is 2.16. The number of ether oxygens (including phenoxy) is 2. The van der Waals surface area contributed by atoms with Crippen molar-refractivity contribution in [2.75, 3.05) is 24.3 Å². The Morgan fingerprint density at radius 2 is 1.89 bits per heavy atom. The number of hydrogen-bond donors (Lipinski definition) is 3. The Morgan fingerprint density at radius 1 is 1.14 bits per heavy atom. The topological polar surface area (TPSA) is 171 Å². The van der Waals surface area contributed by atoms with E-state index >= 15 is 0 Å². The quantitative estimate of drug-likeness (QED) is 0.253. The van der Waals surface area contributed by atoms with Gasteiger partial charge in [-0.05, 0) is 36.4 Å². The lowest BCUT2D eigenvalue weighted by molar-refractivity contribution is -0.113. The molecule has 14 heteroatoms. The maximum Gasteiger partial charge on any atom is 0.262 e. The second-order valence-corrected chi connectivity index (χ2v) is 9.92. The first-order chi connectivity index (χ1) is 16.8. The highest BCUT2D eigenvalue weighted by molar-refractivity contribution is 7.99. The van der Waals surface area contributed by atoms with E-state index in [0.717, 1.165) is 11.8 Å². The van der Waals surface area contributed by atoms with Crippen LogP contribution in [0.15, 0.2) is 63.5 Å². The minimum Gasteiger partial charge on any atom is -0.486 e. The number of nitrogens with zero attached hydrogens (tertiary/aromatic N) is 3. The number of nitrogens with two attached hydrogens (primary N) is 1. The van der Waals surface area contributed by atoms with E-state index in [2.05, 4.69) is 20.4 Å². The molecular formula is C21H18N6O6S2. The molecule has 0 fully saturated rings. The fourth-order valence-electron chi connectivity index (χ4n) is 3.38. The summed E-state index contributed by atoms with van der Waals surface area (Å²) >= 11 is 1.05. The molecule has 2 aromatic carbocycles. The number of primary sulfonamides is 1. The molecule has 12 nitrogen and oxygen atoms in total. The fourth-order valence-corrected chi connectivity index (χ4v) is 4.56. The van der Waals surface area contributed by atoms with Gasteiger partial charge >= 0.3 is 0 Å². The van der Waals surface area contributed by atoms with Crippen LogP contribution >= 0.6 is 11.8 Å². The number of amides is 1. The highest BCUT2D eigenvalue weighted by Crippen LogP contribution is 2.32. The van der Waals surface area contributed by atoms with Gasteiger partial charge in [0.2, 0.25) is 15.9 Å². The zero-order valence-corrected chi connectivity index (χ0v) is 19.6. The number of aromatic nitrogens is 4. The van der Waals surface area contributed by atoms with Gasteiger partial charge in [0, 0.05) is 11.8 Å². The van der Waals surface area contributed by atoms with Gasteiger partial charge in [-0.1, -0.05) is 11.8 Å². The first-order valence-corrected chi connectivity index (χ1v) is 12.7. The number of H-pyrrole nitrogens is 1. The van der Waals surface area contributed by atoms with Gasteiger partial charge in [-0.15, -0.1) is 0 Å². The molecule has 1 aliphatic rings. The molecule has 0 saturated carbocycles. The van der Waals surface area contributed by atoms with E-state index in [1.165, 1.54) is 35.1 Å². The standard InChI is InChI=1S/C21H18N6O6S2/c22-35(30,31)14-4-2-13(3-5-14)27-19-15(10-23-27)20(29)26-21(25-19)34-11-18(28)24-12-1-6-16-17(9-12)33-8-7-32-16/h1-6,9-10H,7-8,11H2,(H,24,28)(H2,22,30,31)(H,25,26,29). The third-order valence-corrected chi connectivity index (χ3v) is 6.79. The molecule has 0 radical (unpaired) electrons. The summed E-state index contributed by atoms with van der Waals surface area (Å²) in [5.74, 6) is 0.861. The van der Waals surface area contributed by atoms with Gasteiger partial charge in [0.05, 0.1) is 22.5 Å². The molecule has 35 heavy (non-hydrogen) atoms. The number of anilines is 1. The van der Waals surface area contributed by atoms with Crippen molar-refractivity contribution in [3.8, 4) is 17.2 Å². The molecule has 5 rings (SSSR count). The molecule has 0 aliphatic carbocycles. The van der Waals surface area contributed by atoms with E-state index in [-0.39, 0.29) is 32.7 Å². The summed E-state index contributed by atoms with van der Waals surface area (Å²) in [6.45, 7) is 0.916. The lowest BCUT2D eigenvalue weighted by atomic mass is 10.2. The summed E-state index contributed by atoms with van der Waals surface area (Å²) in [7, 11) is -3.84. The normalized spacial score (nSPS) is 13.1. The molecule has 4 aromatic rings. The van der Waals surface area contributed by atoms with Gasteiger partial charge in [0.25, 0.3) is 5.56 Å². The molecule has 1 amide bonds. The SMILES string of the molecule is NS(=O)(=O)c1ccc(-n2ncc3c(=O)[nH]c(SCC(=O)Nc4ccc5c(c4)OCCO5)nc32)cc1. The zero-order valence-electron chi connectivity index (χ0n) is 17.9. The number of aromatic amines is 1. The van der Waals surface area contributed by atoms with Crippen LogP contribution in [0.1, 0.15) is 0 Å². The minimum atomic E-state index is -3.84. The smallest absolute Gasteiger partial charge is 0.262 e. The van der Waals surface area contributed by atoms with Crippen LogP contribution in [0.25, 0.3) is 16.7 Å². The lowest BCUT2D eigenvalue weighted by Gasteiger charge is -2.18. The van der Waals surface area contributed by atoms with Crippen molar-refractivity contribution < 1.29 is 22.7 Å². The maximum atomic E-state index is 12.5. The summed E-state index contributed by atoms with van der Waals surface area (Å²) < 4.78 is 35.4. The van der Waals surface area contributed by atoms with Crippen molar-refractivity contribution in [1.29, 1.82) is 0 Å². The Kier molecular flexibility index (Phi) is 5.92. The van der Waals surface area contributed by atoms with E-state index in [1.807, 2.05) is 0 Å².